The molecule has 4 saturated carbocycles. The summed E-state index contributed by atoms with van der Waals surface area (Å²) >= 11 is 0. The quantitative estimate of drug-likeness (QED) is 0.0550. The lowest BCUT2D eigenvalue weighted by atomic mass is 9.44. The average Bonchev–Trinajstić information content (AvgIpc) is 3.87. The first-order chi connectivity index (χ1) is 36.6. The van der Waals surface area contributed by atoms with E-state index in [0.717, 1.165) is 25.7 Å². The van der Waals surface area contributed by atoms with E-state index in [9.17, 15) is 76.3 Å². The standard InChI is InChI=1S/C52H89NO24/c1-22(27-8-9-28-26-7-6-23-15-25(69-4)11-13-51(23,2)29(26)12-14-52(27,28)3)5-10-34(58)53-24(20-70-47-43(67)39(63)45(32(18-56)74-47)76-49-41(65)37(61)35(59)30(16-54)72-49)21-71-48-44(68)40(64)46(33(19-57)75-48)77-50-42(66)38(62)36(60)31(17-55)73-50/h22-33,35-50,54-57,59-68H,5-21H2,1-4H3,(H,53,58)/t22-,23-,25-,26+,27-,28+,29+,30-,31-,32-,33-,35-,36-,37+,38+,39-,40-,41-,42-,43-,44-,45-,46-,47-,48-,49-,50-,51+,52-/m1/s1. The number of nitrogens with one attached hydrogen (secondary N) is 1. The van der Waals surface area contributed by atoms with Crippen molar-refractivity contribution >= 4 is 5.91 Å². The molecule has 4 saturated heterocycles. The van der Waals surface area contributed by atoms with E-state index in [1.165, 1.54) is 32.1 Å². The number of ether oxygens (including phenoxy) is 9. The van der Waals surface area contributed by atoms with E-state index in [4.69, 9.17) is 42.6 Å². The van der Waals surface area contributed by atoms with Crippen LogP contribution in [0.5, 0.6) is 0 Å². The minimum absolute atomic E-state index is 0.108. The Hall–Kier alpha value is -1.45. The normalized spacial score (nSPS) is 49.6. The zero-order valence-electron chi connectivity index (χ0n) is 44.5. The highest BCUT2D eigenvalue weighted by molar-refractivity contribution is 5.76. The molecule has 29 atom stereocenters. The number of fused-ring (bicyclic) bond motifs is 5. The van der Waals surface area contributed by atoms with Crippen molar-refractivity contribution in [3.05, 3.63) is 0 Å². The van der Waals surface area contributed by atoms with Crippen LogP contribution in [0, 0.1) is 46.3 Å². The van der Waals surface area contributed by atoms with E-state index < -0.39 is 174 Å². The average molecular weight is 1110 g/mol. The van der Waals surface area contributed by atoms with Crippen molar-refractivity contribution in [2.45, 2.75) is 226 Å². The van der Waals surface area contributed by atoms with Gasteiger partial charge >= 0.3 is 0 Å². The lowest BCUT2D eigenvalue weighted by molar-refractivity contribution is -0.362. The lowest BCUT2D eigenvalue weighted by Gasteiger charge is -2.61. The number of rotatable bonds is 20. The Morgan fingerprint density at radius 3 is 1.52 bits per heavy atom. The molecular weight excluding hydrogens is 1020 g/mol. The van der Waals surface area contributed by atoms with Gasteiger partial charge in [-0.25, -0.2) is 0 Å². The van der Waals surface area contributed by atoms with E-state index in [1.807, 2.05) is 7.11 Å². The van der Waals surface area contributed by atoms with E-state index in [1.54, 1.807) is 0 Å². The second kappa shape index (κ2) is 26.0. The summed E-state index contributed by atoms with van der Waals surface area (Å²) in [5.74, 6) is 2.90. The van der Waals surface area contributed by atoms with Gasteiger partial charge in [0.15, 0.2) is 25.2 Å². The van der Waals surface area contributed by atoms with Crippen molar-refractivity contribution in [2.24, 2.45) is 46.3 Å². The van der Waals surface area contributed by atoms with Gasteiger partial charge in [0.25, 0.3) is 0 Å². The second-order valence-corrected chi connectivity index (χ2v) is 24.0. The van der Waals surface area contributed by atoms with Crippen LogP contribution in [0.25, 0.3) is 0 Å². The Morgan fingerprint density at radius 1 is 0.558 bits per heavy atom. The third-order valence-corrected chi connectivity index (χ3v) is 19.7. The maximum absolute atomic E-state index is 14.0. The van der Waals surface area contributed by atoms with Crippen LogP contribution < -0.4 is 5.32 Å². The topological polar surface area (TPSA) is 395 Å². The molecule has 0 aromatic carbocycles. The van der Waals surface area contributed by atoms with Crippen LogP contribution in [0.15, 0.2) is 0 Å². The molecule has 8 rings (SSSR count). The molecule has 4 aliphatic carbocycles. The molecule has 0 aromatic rings. The SMILES string of the molecule is CO[C@@H]1CC[C@@]2(C)[C@H](CC[C@@H]3[C@@H]2CC[C@]2(C)[C@@H]([C@H](C)CCC(=O)NC(CO[C@@H]4O[C@H](CO)[C@@H](O[C@H]5O[C@H](CO)[C@@H](O)[C@H](O)[C@H]5O)[C@H](O)[C@H]4O)CO[C@@H]4O[C@H](CO)[C@@H](O[C@H]5O[C@H](CO)[C@@H](O)[C@H](O)[C@H]5O)[C@H](O)[C@H]4O)CC[C@@H]32)C1. The van der Waals surface area contributed by atoms with E-state index >= 15 is 0 Å². The fourth-order valence-corrected chi connectivity index (χ4v) is 15.2. The van der Waals surface area contributed by atoms with E-state index in [2.05, 4.69) is 26.1 Å². The Bertz CT molecular complexity index is 1800. The van der Waals surface area contributed by atoms with Gasteiger partial charge in [0.05, 0.1) is 51.8 Å². The van der Waals surface area contributed by atoms with E-state index in [0.29, 0.717) is 47.5 Å². The highest BCUT2D eigenvalue weighted by atomic mass is 16.8. The van der Waals surface area contributed by atoms with Crippen molar-refractivity contribution in [1.29, 1.82) is 0 Å². The Morgan fingerprint density at radius 2 is 1.03 bits per heavy atom. The summed E-state index contributed by atoms with van der Waals surface area (Å²) in [5.41, 5.74) is 0.470. The van der Waals surface area contributed by atoms with Crippen molar-refractivity contribution in [3.8, 4) is 0 Å². The molecule has 15 N–H and O–H groups in total. The van der Waals surface area contributed by atoms with Crippen LogP contribution in [-0.2, 0) is 47.4 Å². The third-order valence-electron chi connectivity index (χ3n) is 19.7. The number of aliphatic hydroxyl groups is 14. The smallest absolute Gasteiger partial charge is 0.220 e. The van der Waals surface area contributed by atoms with Crippen LogP contribution in [0.2, 0.25) is 0 Å². The van der Waals surface area contributed by atoms with Crippen LogP contribution in [0.4, 0.5) is 0 Å². The van der Waals surface area contributed by atoms with Gasteiger partial charge in [0.1, 0.15) is 97.7 Å². The molecule has 0 unspecified atom stereocenters. The number of aliphatic hydroxyl groups excluding tert-OH is 14. The largest absolute Gasteiger partial charge is 0.394 e. The molecule has 0 bridgehead atoms. The lowest BCUT2D eigenvalue weighted by Crippen LogP contribution is -2.65. The molecule has 25 heteroatoms. The number of hydrogen-bond acceptors (Lipinski definition) is 24. The Kier molecular flexibility index (Phi) is 20.8. The Labute approximate surface area is 448 Å². The zero-order chi connectivity index (χ0) is 55.8. The fourth-order valence-electron chi connectivity index (χ4n) is 15.2. The number of carbonyl (C=O) groups excluding carboxylic acids is 1. The molecule has 8 aliphatic rings. The summed E-state index contributed by atoms with van der Waals surface area (Å²) in [4.78, 5) is 14.0. The monoisotopic (exact) mass is 1110 g/mol. The molecule has 4 aliphatic heterocycles. The molecule has 0 aromatic heterocycles. The number of carbonyl (C=O) groups is 1. The highest BCUT2D eigenvalue weighted by Gasteiger charge is 2.61. The van der Waals surface area contributed by atoms with Gasteiger partial charge in [0.2, 0.25) is 5.91 Å². The van der Waals surface area contributed by atoms with Gasteiger partial charge in [-0.15, -0.1) is 0 Å². The van der Waals surface area contributed by atoms with Crippen LogP contribution in [-0.4, -0.2) is 259 Å². The molecule has 77 heavy (non-hydrogen) atoms. The summed E-state index contributed by atoms with van der Waals surface area (Å²) in [5, 5.41) is 150. The second-order valence-electron chi connectivity index (χ2n) is 24.0. The highest BCUT2D eigenvalue weighted by Crippen LogP contribution is 2.68. The summed E-state index contributed by atoms with van der Waals surface area (Å²) < 4.78 is 51.5. The first kappa shape index (κ1) is 61.6. The predicted molar refractivity (Wildman–Crippen MR) is 261 cm³/mol. The number of amides is 1. The van der Waals surface area contributed by atoms with Crippen molar-refractivity contribution in [1.82, 2.24) is 5.32 Å². The molecule has 0 radical (unpaired) electrons. The fraction of sp³-hybridized carbons (Fsp3) is 0.981. The maximum Gasteiger partial charge on any atom is 0.220 e. The van der Waals surface area contributed by atoms with Gasteiger partial charge < -0.3 is 119 Å². The van der Waals surface area contributed by atoms with Crippen LogP contribution in [0.1, 0.15) is 91.4 Å². The summed E-state index contributed by atoms with van der Waals surface area (Å²) in [7, 11) is 1.83. The van der Waals surface area contributed by atoms with Gasteiger partial charge in [0, 0.05) is 13.5 Å². The minimum Gasteiger partial charge on any atom is -0.394 e. The summed E-state index contributed by atoms with van der Waals surface area (Å²) in [6.45, 7) is 3.00. The van der Waals surface area contributed by atoms with Crippen molar-refractivity contribution < 1.29 is 119 Å². The first-order valence-electron chi connectivity index (χ1n) is 27.9. The van der Waals surface area contributed by atoms with Gasteiger partial charge in [-0.1, -0.05) is 20.8 Å². The number of methoxy groups -OCH3 is 1. The summed E-state index contributed by atoms with van der Waals surface area (Å²) in [6.07, 6.45) is -22.7. The van der Waals surface area contributed by atoms with Crippen LogP contribution >= 0.6 is 0 Å². The van der Waals surface area contributed by atoms with Crippen molar-refractivity contribution in [2.75, 3.05) is 46.8 Å². The zero-order valence-corrected chi connectivity index (χ0v) is 44.5. The summed E-state index contributed by atoms with van der Waals surface area (Å²) in [6, 6.07) is -1.12. The molecule has 25 nitrogen and oxygen atoms in total. The molecular formula is C52H89NO24. The van der Waals surface area contributed by atoms with Crippen molar-refractivity contribution in [3.63, 3.8) is 0 Å². The predicted octanol–water partition coefficient (Wildman–Crippen LogP) is -4.16. The van der Waals surface area contributed by atoms with Gasteiger partial charge in [-0.3, -0.25) is 4.79 Å². The third kappa shape index (κ3) is 12.4. The minimum atomic E-state index is -1.91. The first-order valence-corrected chi connectivity index (χ1v) is 27.9. The van der Waals surface area contributed by atoms with Gasteiger partial charge in [-0.05, 0) is 111 Å². The maximum atomic E-state index is 14.0. The molecule has 446 valence electrons. The number of hydrogen-bond donors (Lipinski definition) is 15. The molecule has 1 amide bonds. The molecule has 4 heterocycles. The molecule has 0 spiro atoms. The Balaban J connectivity index is 0.916. The van der Waals surface area contributed by atoms with Crippen LogP contribution in [0.3, 0.4) is 0 Å². The molecule has 8 fully saturated rings. The van der Waals surface area contributed by atoms with Gasteiger partial charge in [-0.2, -0.15) is 0 Å². The van der Waals surface area contributed by atoms with E-state index in [-0.39, 0.29) is 17.8 Å².